The summed E-state index contributed by atoms with van der Waals surface area (Å²) in [7, 11) is -28.9. The molecule has 6 aliphatic rings. The number of phosphoric ester groups is 5. The average molecular weight is 1860 g/mol. The van der Waals surface area contributed by atoms with Crippen LogP contribution in [0.25, 0.3) is 33.5 Å². The Bertz CT molecular complexity index is 6080. The molecule has 5 unspecified atom stereocenters. The van der Waals surface area contributed by atoms with Crippen LogP contribution in [0.5, 0.6) is 0 Å². The maximum absolute atomic E-state index is 14.5. The fourth-order valence-corrected chi connectivity index (χ4v) is 19.0. The molecule has 0 radical (unpaired) electrons. The molecular formula is C58H74N23O38P5. The van der Waals surface area contributed by atoms with Gasteiger partial charge in [-0.1, -0.05) is 0 Å². The van der Waals surface area contributed by atoms with Gasteiger partial charge < -0.3 is 117 Å². The van der Waals surface area contributed by atoms with Crippen LogP contribution in [0.4, 0.5) is 29.2 Å². The summed E-state index contributed by atoms with van der Waals surface area (Å²) in [5.41, 5.74) is 22.8. The lowest BCUT2D eigenvalue weighted by atomic mass is 10.1. The van der Waals surface area contributed by atoms with Gasteiger partial charge in [0, 0.05) is 30.6 Å². The number of H-pyrrole nitrogens is 2. The lowest BCUT2D eigenvalue weighted by Crippen LogP contribution is -2.39. The summed E-state index contributed by atoms with van der Waals surface area (Å²) in [5.74, 6) is -1.30. The fourth-order valence-electron chi connectivity index (χ4n) is 14.2. The summed E-state index contributed by atoms with van der Waals surface area (Å²) in [6, 6.07) is 2.20. The Kier molecular flexibility index (Phi) is 25.3. The van der Waals surface area contributed by atoms with Crippen molar-refractivity contribution in [2.75, 3.05) is 68.3 Å². The van der Waals surface area contributed by atoms with Crippen molar-refractivity contribution in [2.45, 2.75) is 154 Å². The first kappa shape index (κ1) is 89.7. The molecule has 28 atom stereocenters. The number of ether oxygens (including phenoxy) is 6. The third-order valence-corrected chi connectivity index (χ3v) is 24.9. The van der Waals surface area contributed by atoms with E-state index in [-0.39, 0.29) is 62.3 Å². The van der Waals surface area contributed by atoms with Crippen LogP contribution in [0.3, 0.4) is 0 Å². The number of aromatic nitrogens is 18. The van der Waals surface area contributed by atoms with Gasteiger partial charge in [-0.2, -0.15) is 15.0 Å². The van der Waals surface area contributed by atoms with Gasteiger partial charge >= 0.3 is 56.2 Å². The van der Waals surface area contributed by atoms with Crippen LogP contribution in [-0.2, 0) is 96.5 Å². The molecule has 15 rings (SSSR count). The van der Waals surface area contributed by atoms with Crippen LogP contribution in [0.1, 0.15) is 49.4 Å². The van der Waals surface area contributed by atoms with Gasteiger partial charge in [-0.15, -0.1) is 0 Å². The summed E-state index contributed by atoms with van der Waals surface area (Å²) in [6.45, 7) is -6.08. The van der Waals surface area contributed by atoms with E-state index in [1.807, 2.05) is 4.98 Å². The summed E-state index contributed by atoms with van der Waals surface area (Å²) in [6.07, 6.45) is -37.8. The number of nitrogen functional groups attached to an aromatic ring is 5. The van der Waals surface area contributed by atoms with Crippen molar-refractivity contribution in [2.24, 2.45) is 0 Å². The molecule has 0 spiro atoms. The molecule has 0 amide bonds. The lowest BCUT2D eigenvalue weighted by Gasteiger charge is -2.27. The number of aryl methyl sites for hydroxylation is 1. The molecule has 6 aliphatic heterocycles. The number of fused-ring (bicyclic) bond motifs is 3. The third kappa shape index (κ3) is 18.4. The first-order chi connectivity index (χ1) is 58.5. The Balaban J connectivity index is 0.651. The summed E-state index contributed by atoms with van der Waals surface area (Å²) < 4.78 is 165. The second-order valence-corrected chi connectivity index (χ2v) is 35.1. The second kappa shape index (κ2) is 34.9. The van der Waals surface area contributed by atoms with Crippen molar-refractivity contribution in [1.82, 2.24) is 87.2 Å². The van der Waals surface area contributed by atoms with E-state index in [2.05, 4.69) is 54.8 Å². The highest BCUT2D eigenvalue weighted by Crippen LogP contribution is 2.57. The molecule has 6 saturated heterocycles. The number of phosphoric acid groups is 5. The van der Waals surface area contributed by atoms with Crippen molar-refractivity contribution >= 4 is 102 Å². The van der Waals surface area contributed by atoms with E-state index in [0.29, 0.717) is 4.57 Å². The molecule has 0 aliphatic carbocycles. The molecule has 66 heteroatoms. The number of nitrogens with one attached hydrogen (secondary N) is 2. The smallest absolute Gasteiger partial charge is 0.394 e. The van der Waals surface area contributed by atoms with Gasteiger partial charge in [-0.3, -0.25) is 92.2 Å². The van der Waals surface area contributed by atoms with E-state index < -0.39 is 260 Å². The van der Waals surface area contributed by atoms with Crippen LogP contribution >= 0.6 is 39.1 Å². The largest absolute Gasteiger partial charge is 0.472 e. The van der Waals surface area contributed by atoms with Gasteiger partial charge in [0.2, 0.25) is 5.95 Å². The second-order valence-electron chi connectivity index (χ2n) is 28.1. The first-order valence-electron chi connectivity index (χ1n) is 36.1. The highest BCUT2D eigenvalue weighted by atomic mass is 31.2. The first-order valence-corrected chi connectivity index (χ1v) is 43.5. The third-order valence-electron chi connectivity index (χ3n) is 20.0. The van der Waals surface area contributed by atoms with Crippen molar-refractivity contribution in [3.63, 3.8) is 0 Å². The monoisotopic (exact) mass is 1860 g/mol. The molecule has 674 valence electrons. The van der Waals surface area contributed by atoms with Crippen molar-refractivity contribution in [3.05, 3.63) is 120 Å². The van der Waals surface area contributed by atoms with E-state index in [4.69, 9.17) is 102 Å². The Morgan fingerprint density at radius 3 is 1.25 bits per heavy atom. The Morgan fingerprint density at radius 2 is 0.806 bits per heavy atom. The van der Waals surface area contributed by atoms with Crippen LogP contribution in [-0.4, -0.2) is 291 Å². The number of hydrogen-bond acceptors (Lipinski definition) is 48. The summed E-state index contributed by atoms with van der Waals surface area (Å²) in [4.78, 5) is 165. The van der Waals surface area contributed by atoms with Crippen LogP contribution < -0.4 is 56.9 Å². The number of imidazole rings is 3. The van der Waals surface area contributed by atoms with Gasteiger partial charge in [-0.05, 0) is 19.1 Å². The maximum Gasteiger partial charge on any atom is 0.472 e. The Hall–Kier alpha value is -9.08. The van der Waals surface area contributed by atoms with Gasteiger partial charge in [0.05, 0.1) is 58.6 Å². The van der Waals surface area contributed by atoms with Crippen LogP contribution in [0.15, 0.2) is 86.3 Å². The van der Waals surface area contributed by atoms with Gasteiger partial charge in [0.1, 0.15) is 145 Å². The van der Waals surface area contributed by atoms with E-state index in [1.165, 1.54) is 11.5 Å². The van der Waals surface area contributed by atoms with Crippen molar-refractivity contribution in [3.8, 4) is 0 Å². The number of nitrogens with zero attached hydrogens (tertiary/aromatic N) is 16. The molecule has 6 fully saturated rings. The molecule has 9 aromatic heterocycles. The Morgan fingerprint density at radius 1 is 0.427 bits per heavy atom. The zero-order chi connectivity index (χ0) is 88.9. The highest BCUT2D eigenvalue weighted by molar-refractivity contribution is 7.48. The molecule has 0 bridgehead atoms. The predicted octanol–water partition coefficient (Wildman–Crippen LogP) is -7.47. The molecule has 61 nitrogen and oxygen atoms in total. The standard InChI is InChI=1S/C58H74N23O38P5/c1-19-7-78(58(93)75-48(19)89)29-6-20(22(109-29)9-104-121(96,97)117-40-24(112-52(36(40)86)77-5-3-28(60)72-57(77)92)12-107-123(100,101)116-39-21(8-82)110-51(35(39)85)76-4-2-27(59)71-56(76)91)115-120(94,95)106-11-25-41(37(87)53(113-25)80-17-69-31-44(62)65-15-67-46(31)80)119-124(102,103)108-13-26-42(38(88)54(114-26)81-18-70-32-47(81)73-55(63)74-49(32)90)118-122(98,99)105-10-23-33(83)34(84)50(111-23)79-16-68-30-43(61)64-14-66-45(30)79/h2-5,7,14-18,20-26,29,33-42,50-54,82-88H,6,8-13H2,1H3,(H,94,95)(H,96,97)(H,98,99)(H,100,101)(H,102,103)(H2,59,71,91)(H2,60,72,92)(H2,61,64,66)(H2,62,65,67)(H,75,89,93)(H3,63,73,74,90)/t20-,21+,22+,23+,24+,25+,26+,29+,33+,34+,35+,36+,37+,38+,39+,40+,41+,42+,50+,51+,52+,53+,54+/m0/s1. The number of nitrogens with two attached hydrogens (primary N) is 5. The zero-order valence-corrected chi connectivity index (χ0v) is 67.2. The van der Waals surface area contributed by atoms with Gasteiger partial charge in [-0.25, -0.2) is 72.1 Å². The number of hydrogen-bond donors (Lipinski definition) is 19. The maximum atomic E-state index is 14.5. The van der Waals surface area contributed by atoms with Crippen molar-refractivity contribution < 1.29 is 157 Å². The molecule has 124 heavy (non-hydrogen) atoms. The molecule has 24 N–H and O–H groups in total. The molecule has 9 aromatic rings. The summed E-state index contributed by atoms with van der Waals surface area (Å²) >= 11 is 0. The fraction of sp³-hybridized carbons (Fsp3) is 0.534. The quantitative estimate of drug-likeness (QED) is 0.0174. The van der Waals surface area contributed by atoms with Gasteiger partial charge in [0.15, 0.2) is 65.2 Å². The van der Waals surface area contributed by atoms with E-state index in [1.54, 1.807) is 0 Å². The number of anilines is 5. The molecule has 0 aromatic carbocycles. The minimum atomic E-state index is -5.91. The number of aromatic amines is 2. The SMILES string of the molecule is Cc1cn([C@H]2C[C@H](OP(=O)(O)OC[C@H]3O[C@@H](n4cnc5c(N)ncnc54)[C@H](O)[C@@H]3OP(=O)(O)OC[C@H]3O[C@@H](n4cnc5c(=O)[nH]c(N)nc54)[C@H](O)[C@@H]3OP(=O)(O)OC[C@H]3O[C@@H](n4cnc5c(N)ncnc54)[C@H](O)[C@@H]3O)[C@@H](COP(=O)(O)O[C@H]3[C@@H](O)[C@H](n4ccc(N)nc4=O)O[C@@H]3COP(=O)(O)O[C@H]3[C@@H](O)[C@H](n4ccc(N)nc4=O)O[C@@H]3CO)O2)c(=O)[nH]c1=O. The van der Waals surface area contributed by atoms with E-state index in [0.717, 1.165) is 80.6 Å². The van der Waals surface area contributed by atoms with E-state index >= 15 is 0 Å². The predicted molar refractivity (Wildman–Crippen MR) is 398 cm³/mol. The van der Waals surface area contributed by atoms with E-state index in [9.17, 15) is 107 Å². The average Bonchev–Trinajstić information content (AvgIpc) is 1.59. The van der Waals surface area contributed by atoms with Crippen LogP contribution in [0, 0.1) is 6.92 Å². The zero-order valence-electron chi connectivity index (χ0n) is 62.8. The molecule has 15 heterocycles. The summed E-state index contributed by atoms with van der Waals surface area (Å²) in [5, 5.41) is 79.3. The molecular weight excluding hydrogens is 1780 g/mol. The van der Waals surface area contributed by atoms with Gasteiger partial charge in [0.25, 0.3) is 11.1 Å². The number of aliphatic hydroxyl groups excluding tert-OH is 7. The molecule has 0 saturated carbocycles. The Labute approximate surface area is 686 Å². The minimum absolute atomic E-state index is 0.0490. The number of rotatable bonds is 32. The number of aliphatic hydroxyl groups is 7. The van der Waals surface area contributed by atoms with Crippen molar-refractivity contribution in [1.29, 1.82) is 0 Å². The highest BCUT2D eigenvalue weighted by Gasteiger charge is 2.57. The minimum Gasteiger partial charge on any atom is -0.394 e. The van der Waals surface area contributed by atoms with Crippen LogP contribution in [0.2, 0.25) is 0 Å². The topological polar surface area (TPSA) is 881 Å². The lowest BCUT2D eigenvalue weighted by molar-refractivity contribution is -0.0655. The normalized spacial score (nSPS) is 32.1.